The summed E-state index contributed by atoms with van der Waals surface area (Å²) in [5, 5.41) is 2.99. The summed E-state index contributed by atoms with van der Waals surface area (Å²) in [6, 6.07) is 0. The molecule has 7 unspecified atom stereocenters. The number of alkyl halides is 3. The van der Waals surface area contributed by atoms with Gasteiger partial charge in [0.1, 0.15) is 6.10 Å². The second kappa shape index (κ2) is 9.46. The minimum Gasteiger partial charge on any atom is -0.462 e. The van der Waals surface area contributed by atoms with E-state index < -0.39 is 29.1 Å². The van der Waals surface area contributed by atoms with Crippen LogP contribution in [0.1, 0.15) is 81.1 Å². The lowest BCUT2D eigenvalue weighted by Gasteiger charge is -2.49. The van der Waals surface area contributed by atoms with Gasteiger partial charge in [0.2, 0.25) is 0 Å². The summed E-state index contributed by atoms with van der Waals surface area (Å²) in [5.74, 6) is -1.78. The summed E-state index contributed by atoms with van der Waals surface area (Å²) in [7, 11) is 0. The molecule has 0 aromatic rings. The first kappa shape index (κ1) is 26.8. The Bertz CT molecular complexity index is 736. The maximum absolute atomic E-state index is 14.6. The Kier molecular flexibility index (Phi) is 7.93. The molecule has 4 nitrogen and oxygen atoms in total. The zero-order chi connectivity index (χ0) is 24.6. The second-order valence-electron chi connectivity index (χ2n) is 11.5. The van der Waals surface area contributed by atoms with Gasteiger partial charge in [-0.25, -0.2) is 0 Å². The van der Waals surface area contributed by atoms with Crippen LogP contribution in [0.3, 0.4) is 0 Å². The lowest BCUT2D eigenvalue weighted by molar-refractivity contribution is -0.251. The molecule has 0 aromatic carbocycles. The van der Waals surface area contributed by atoms with Crippen LogP contribution < -0.4 is 0 Å². The van der Waals surface area contributed by atoms with Crippen LogP contribution in [0, 0.1) is 45.3 Å². The summed E-state index contributed by atoms with van der Waals surface area (Å²) < 4.78 is 49.5. The number of hydrogen-bond acceptors (Lipinski definition) is 4. The molecular formula is C25H40F3NO3. The van der Waals surface area contributed by atoms with E-state index in [1.54, 1.807) is 13.8 Å². The number of carbonyl (C=O) groups excluding carboxylic acids is 1. The van der Waals surface area contributed by atoms with Crippen molar-refractivity contribution in [3.05, 3.63) is 16.1 Å². The van der Waals surface area contributed by atoms with Crippen molar-refractivity contribution < 1.29 is 22.7 Å². The lowest BCUT2D eigenvalue weighted by Crippen LogP contribution is -2.54. The fraction of sp³-hybridized carbons (Fsp3) is 0.880. The van der Waals surface area contributed by atoms with Gasteiger partial charge in [-0.1, -0.05) is 50.9 Å². The van der Waals surface area contributed by atoms with E-state index in [4.69, 9.17) is 4.74 Å². The number of nitroso groups, excluding NO2 is 1. The molecule has 0 saturated heterocycles. The number of ether oxygens (including phenoxy) is 1. The SMILES string of the molecule is CC(C)=C1C(C)CC(C(=O)OC(C)C2CCC(CN=O)C2C)(C(F)(F)F)CC1C(C)(C)C. The van der Waals surface area contributed by atoms with Crippen LogP contribution in [0.4, 0.5) is 13.2 Å². The molecule has 0 aliphatic heterocycles. The summed E-state index contributed by atoms with van der Waals surface area (Å²) in [4.78, 5) is 24.0. The number of halogens is 3. The van der Waals surface area contributed by atoms with Gasteiger partial charge >= 0.3 is 12.1 Å². The normalized spacial score (nSPS) is 34.8. The highest BCUT2D eigenvalue weighted by Crippen LogP contribution is 2.59. The maximum atomic E-state index is 14.6. The van der Waals surface area contributed by atoms with Gasteiger partial charge in [-0.15, -0.1) is 0 Å². The zero-order valence-corrected chi connectivity index (χ0v) is 20.8. The van der Waals surface area contributed by atoms with Gasteiger partial charge in [-0.05, 0) is 81.5 Å². The molecule has 0 bridgehead atoms. The highest BCUT2D eigenvalue weighted by molar-refractivity contribution is 5.78. The van der Waals surface area contributed by atoms with E-state index in [0.717, 1.165) is 24.0 Å². The van der Waals surface area contributed by atoms with Gasteiger partial charge < -0.3 is 4.74 Å². The average Bonchev–Trinajstić information content (AvgIpc) is 2.99. The first-order valence-corrected chi connectivity index (χ1v) is 11.8. The fourth-order valence-corrected chi connectivity index (χ4v) is 6.31. The number of rotatable bonds is 5. The van der Waals surface area contributed by atoms with Crippen molar-refractivity contribution in [3.63, 3.8) is 0 Å². The topological polar surface area (TPSA) is 55.7 Å². The molecular weight excluding hydrogens is 419 g/mol. The van der Waals surface area contributed by atoms with Crippen LogP contribution >= 0.6 is 0 Å². The first-order valence-electron chi connectivity index (χ1n) is 11.8. The lowest BCUT2D eigenvalue weighted by atomic mass is 9.56. The van der Waals surface area contributed by atoms with Crippen molar-refractivity contribution in [1.29, 1.82) is 0 Å². The highest BCUT2D eigenvalue weighted by atomic mass is 19.4. The molecule has 2 fully saturated rings. The number of nitrogens with zero attached hydrogens (tertiary/aromatic N) is 1. The monoisotopic (exact) mass is 459 g/mol. The van der Waals surface area contributed by atoms with Crippen LogP contribution in [0.2, 0.25) is 0 Å². The molecule has 2 rings (SSSR count). The predicted octanol–water partition coefficient (Wildman–Crippen LogP) is 7.32. The van der Waals surface area contributed by atoms with Crippen molar-refractivity contribution in [2.45, 2.75) is 93.4 Å². The third-order valence-corrected chi connectivity index (χ3v) is 8.16. The van der Waals surface area contributed by atoms with E-state index in [1.165, 1.54) is 0 Å². The molecule has 184 valence electrons. The van der Waals surface area contributed by atoms with E-state index in [1.807, 2.05) is 41.5 Å². The van der Waals surface area contributed by atoms with Crippen molar-refractivity contribution in [3.8, 4) is 0 Å². The highest BCUT2D eigenvalue weighted by Gasteiger charge is 2.65. The van der Waals surface area contributed by atoms with Crippen molar-refractivity contribution in [2.24, 2.45) is 45.6 Å². The van der Waals surface area contributed by atoms with Crippen LogP contribution in [-0.4, -0.2) is 24.8 Å². The molecule has 0 N–H and O–H groups in total. The first-order chi connectivity index (χ1) is 14.6. The van der Waals surface area contributed by atoms with E-state index in [9.17, 15) is 22.9 Å². The minimum atomic E-state index is -4.69. The van der Waals surface area contributed by atoms with Crippen LogP contribution in [-0.2, 0) is 9.53 Å². The maximum Gasteiger partial charge on any atom is 0.404 e. The van der Waals surface area contributed by atoms with E-state index in [-0.39, 0.29) is 49.0 Å². The summed E-state index contributed by atoms with van der Waals surface area (Å²) in [5.41, 5.74) is -0.863. The number of carbonyl (C=O) groups is 1. The quantitative estimate of drug-likeness (QED) is 0.246. The fourth-order valence-electron chi connectivity index (χ4n) is 6.31. The van der Waals surface area contributed by atoms with Crippen LogP contribution in [0.15, 0.2) is 16.3 Å². The third kappa shape index (κ3) is 5.06. The van der Waals surface area contributed by atoms with E-state index in [0.29, 0.717) is 0 Å². The van der Waals surface area contributed by atoms with Crippen molar-refractivity contribution in [1.82, 2.24) is 0 Å². The second-order valence-corrected chi connectivity index (χ2v) is 11.5. The van der Waals surface area contributed by atoms with Gasteiger partial charge in [-0.3, -0.25) is 4.79 Å². The molecule has 0 aromatic heterocycles. The van der Waals surface area contributed by atoms with Crippen LogP contribution in [0.5, 0.6) is 0 Å². The van der Waals surface area contributed by atoms with E-state index in [2.05, 4.69) is 5.18 Å². The van der Waals surface area contributed by atoms with Gasteiger partial charge in [0, 0.05) is 0 Å². The Hall–Kier alpha value is -1.40. The number of esters is 1. The summed E-state index contributed by atoms with van der Waals surface area (Å²) in [6.07, 6.45) is -4.41. The Labute approximate surface area is 190 Å². The van der Waals surface area contributed by atoms with Crippen LogP contribution in [0.25, 0.3) is 0 Å². The van der Waals surface area contributed by atoms with Crippen molar-refractivity contribution in [2.75, 3.05) is 6.54 Å². The molecule has 0 heterocycles. The Morgan fingerprint density at radius 3 is 2.22 bits per heavy atom. The third-order valence-electron chi connectivity index (χ3n) is 8.16. The Balaban J connectivity index is 2.36. The van der Waals surface area contributed by atoms with Crippen molar-refractivity contribution >= 4 is 5.97 Å². The largest absolute Gasteiger partial charge is 0.462 e. The van der Waals surface area contributed by atoms with E-state index >= 15 is 0 Å². The zero-order valence-electron chi connectivity index (χ0n) is 20.8. The Morgan fingerprint density at radius 1 is 1.16 bits per heavy atom. The molecule has 0 radical (unpaired) electrons. The molecule has 7 heteroatoms. The summed E-state index contributed by atoms with van der Waals surface area (Å²) in [6.45, 7) is 15.4. The molecule has 0 amide bonds. The van der Waals surface area contributed by atoms with Gasteiger partial charge in [0.25, 0.3) is 0 Å². The molecule has 2 aliphatic carbocycles. The minimum absolute atomic E-state index is 0.0660. The smallest absolute Gasteiger partial charge is 0.404 e. The predicted molar refractivity (Wildman–Crippen MR) is 120 cm³/mol. The number of hydrogen-bond donors (Lipinski definition) is 0. The van der Waals surface area contributed by atoms with Gasteiger partial charge in [-0.2, -0.15) is 18.1 Å². The molecule has 2 aliphatic rings. The molecule has 0 spiro atoms. The number of allylic oxidation sites excluding steroid dienone is 2. The molecule has 2 saturated carbocycles. The average molecular weight is 460 g/mol. The van der Waals surface area contributed by atoms with Gasteiger partial charge in [0.05, 0.1) is 6.54 Å². The standard InChI is InChI=1S/C25H40F3NO3/c1-14(2)21-15(3)11-24(25(26,27)28,12-20(21)23(6,7)8)22(30)32-17(5)19-10-9-18(13-29-31)16(19)4/h15-20H,9-13H2,1-8H3. The summed E-state index contributed by atoms with van der Waals surface area (Å²) >= 11 is 0. The van der Waals surface area contributed by atoms with Gasteiger partial charge in [0.15, 0.2) is 5.41 Å². The molecule has 7 atom stereocenters. The molecule has 32 heavy (non-hydrogen) atoms. The Morgan fingerprint density at radius 2 is 1.75 bits per heavy atom.